The van der Waals surface area contributed by atoms with E-state index in [1.807, 2.05) is 41.9 Å². The molecule has 1 N–H and O–H groups in total. The molecule has 30 heavy (non-hydrogen) atoms. The van der Waals surface area contributed by atoms with Gasteiger partial charge in [0, 0.05) is 16.3 Å². The molecule has 0 fully saturated rings. The summed E-state index contributed by atoms with van der Waals surface area (Å²) in [7, 11) is 0. The smallest absolute Gasteiger partial charge is 0.226 e. The van der Waals surface area contributed by atoms with E-state index < -0.39 is 0 Å². The minimum atomic E-state index is -0.142. The number of nitrogens with zero attached hydrogens (tertiary/aromatic N) is 1. The van der Waals surface area contributed by atoms with E-state index in [2.05, 4.69) is 29.5 Å². The number of hydrogen-bond acceptors (Lipinski definition) is 6. The van der Waals surface area contributed by atoms with Gasteiger partial charge in [0.25, 0.3) is 0 Å². The Morgan fingerprint density at radius 1 is 1.10 bits per heavy atom. The van der Waals surface area contributed by atoms with Crippen molar-refractivity contribution in [3.05, 3.63) is 51.7 Å². The molecule has 0 spiro atoms. The Hall–Kier alpha value is -2.38. The summed E-state index contributed by atoms with van der Waals surface area (Å²) in [5.74, 6) is 1.42. The zero-order valence-electron chi connectivity index (χ0n) is 17.6. The Labute approximate surface area is 186 Å². The van der Waals surface area contributed by atoms with Gasteiger partial charge in [0.15, 0.2) is 11.5 Å². The van der Waals surface area contributed by atoms with Crippen LogP contribution in [0.4, 0.5) is 0 Å². The third-order valence-corrected chi connectivity index (χ3v) is 6.05. The summed E-state index contributed by atoms with van der Waals surface area (Å²) in [5, 5.41) is 10.1. The number of thiazole rings is 1. The van der Waals surface area contributed by atoms with Crippen molar-refractivity contribution in [1.82, 2.24) is 10.3 Å². The Morgan fingerprint density at radius 2 is 1.87 bits per heavy atom. The van der Waals surface area contributed by atoms with Crippen LogP contribution in [0.3, 0.4) is 0 Å². The van der Waals surface area contributed by atoms with Gasteiger partial charge in [-0.1, -0.05) is 19.9 Å². The Balaban J connectivity index is 1.62. The van der Waals surface area contributed by atoms with Crippen molar-refractivity contribution in [2.24, 2.45) is 0 Å². The highest BCUT2D eigenvalue weighted by Gasteiger charge is 2.15. The molecular weight excluding hydrogens is 416 g/mol. The number of nitrogens with one attached hydrogen (secondary N) is 1. The quantitative estimate of drug-likeness (QED) is 0.402. The van der Waals surface area contributed by atoms with E-state index in [1.54, 1.807) is 22.7 Å². The van der Waals surface area contributed by atoms with Gasteiger partial charge >= 0.3 is 0 Å². The number of benzene rings is 1. The summed E-state index contributed by atoms with van der Waals surface area (Å²) in [6, 6.07) is 7.76. The molecule has 0 bridgehead atoms. The highest BCUT2D eigenvalue weighted by Crippen LogP contribution is 2.31. The van der Waals surface area contributed by atoms with Crippen LogP contribution in [0.5, 0.6) is 11.5 Å². The molecule has 2 heterocycles. The molecule has 2 aromatic heterocycles. The summed E-state index contributed by atoms with van der Waals surface area (Å²) < 4.78 is 11.7. The van der Waals surface area contributed by atoms with Gasteiger partial charge in [-0.25, -0.2) is 4.98 Å². The predicted molar refractivity (Wildman–Crippen MR) is 124 cm³/mol. The molecule has 0 radical (unpaired) electrons. The second kappa shape index (κ2) is 11.1. The first-order chi connectivity index (χ1) is 14.6. The molecular formula is C23H28N2O3S2. The Bertz CT molecular complexity index is 938. The number of aromatic nitrogens is 1. The molecule has 1 atom stereocenters. The maximum Gasteiger partial charge on any atom is 0.226 e. The zero-order valence-corrected chi connectivity index (χ0v) is 19.3. The fourth-order valence-corrected chi connectivity index (χ4v) is 4.43. The van der Waals surface area contributed by atoms with Crippen molar-refractivity contribution in [3.8, 4) is 22.1 Å². The molecule has 5 nitrogen and oxygen atoms in total. The van der Waals surface area contributed by atoms with Crippen molar-refractivity contribution in [3.63, 3.8) is 0 Å². The zero-order chi connectivity index (χ0) is 21.3. The van der Waals surface area contributed by atoms with Crippen molar-refractivity contribution in [2.45, 2.75) is 46.1 Å². The molecule has 0 saturated heterocycles. The van der Waals surface area contributed by atoms with Gasteiger partial charge < -0.3 is 14.8 Å². The molecule has 1 unspecified atom stereocenters. The van der Waals surface area contributed by atoms with Crippen LogP contribution in [0.25, 0.3) is 10.6 Å². The highest BCUT2D eigenvalue weighted by molar-refractivity contribution is 7.14. The number of thiophene rings is 1. The topological polar surface area (TPSA) is 60.5 Å². The second-order valence-electron chi connectivity index (χ2n) is 7.03. The fraction of sp³-hybridized carbons (Fsp3) is 0.391. The van der Waals surface area contributed by atoms with Gasteiger partial charge in [0.2, 0.25) is 5.91 Å². The molecule has 3 aromatic rings. The SMILES string of the molecule is CCCOc1ccc(C(C)NC(=O)Cc2csc(-c3ccsc3)n2)cc1OCCC. The van der Waals surface area contributed by atoms with Crippen LogP contribution in [0.1, 0.15) is 50.9 Å². The minimum Gasteiger partial charge on any atom is -0.490 e. The molecule has 1 amide bonds. The number of carbonyl (C=O) groups is 1. The molecule has 3 rings (SSSR count). The molecule has 0 saturated carbocycles. The van der Waals surface area contributed by atoms with E-state index in [9.17, 15) is 4.79 Å². The van der Waals surface area contributed by atoms with Gasteiger partial charge in [-0.05, 0) is 48.9 Å². The van der Waals surface area contributed by atoms with E-state index >= 15 is 0 Å². The molecule has 0 aliphatic rings. The van der Waals surface area contributed by atoms with Crippen molar-refractivity contribution < 1.29 is 14.3 Å². The van der Waals surface area contributed by atoms with Crippen LogP contribution in [0, 0.1) is 0 Å². The molecule has 0 aliphatic heterocycles. The molecule has 1 aromatic carbocycles. The molecule has 160 valence electrons. The van der Waals surface area contributed by atoms with E-state index in [1.165, 1.54) is 0 Å². The second-order valence-corrected chi connectivity index (χ2v) is 8.66. The lowest BCUT2D eigenvalue weighted by molar-refractivity contribution is -0.121. The van der Waals surface area contributed by atoms with Crippen LogP contribution >= 0.6 is 22.7 Å². The largest absolute Gasteiger partial charge is 0.490 e. The van der Waals surface area contributed by atoms with Crippen molar-refractivity contribution in [1.29, 1.82) is 0 Å². The normalized spacial score (nSPS) is 11.8. The maximum atomic E-state index is 12.6. The van der Waals surface area contributed by atoms with Crippen LogP contribution in [0.15, 0.2) is 40.4 Å². The summed E-state index contributed by atoms with van der Waals surface area (Å²) >= 11 is 3.21. The van der Waals surface area contributed by atoms with Gasteiger partial charge in [-0.3, -0.25) is 4.79 Å². The van der Waals surface area contributed by atoms with Gasteiger partial charge in [-0.15, -0.1) is 11.3 Å². The first-order valence-corrected chi connectivity index (χ1v) is 12.1. The summed E-state index contributed by atoms with van der Waals surface area (Å²) in [6.45, 7) is 7.39. The monoisotopic (exact) mass is 444 g/mol. The maximum absolute atomic E-state index is 12.6. The number of amides is 1. The van der Waals surface area contributed by atoms with E-state index in [0.717, 1.165) is 46.2 Å². The van der Waals surface area contributed by atoms with Crippen molar-refractivity contribution >= 4 is 28.6 Å². The average Bonchev–Trinajstić information content (AvgIpc) is 3.42. The lowest BCUT2D eigenvalue weighted by atomic mass is 10.1. The fourth-order valence-electron chi connectivity index (χ4n) is 2.90. The molecule has 0 aliphatic carbocycles. The van der Waals surface area contributed by atoms with Gasteiger partial charge in [0.1, 0.15) is 5.01 Å². The summed E-state index contributed by atoms with van der Waals surface area (Å²) in [6.07, 6.45) is 2.12. The Morgan fingerprint density at radius 3 is 2.57 bits per heavy atom. The van der Waals surface area contributed by atoms with Crippen LogP contribution in [-0.2, 0) is 11.2 Å². The average molecular weight is 445 g/mol. The van der Waals surface area contributed by atoms with Crippen LogP contribution in [0.2, 0.25) is 0 Å². The number of carbonyl (C=O) groups excluding carboxylic acids is 1. The summed E-state index contributed by atoms with van der Waals surface area (Å²) in [4.78, 5) is 17.1. The third kappa shape index (κ3) is 6.06. The number of rotatable bonds is 11. The lowest BCUT2D eigenvalue weighted by Crippen LogP contribution is -2.28. The predicted octanol–water partition coefficient (Wildman–Crippen LogP) is 5.87. The number of hydrogen-bond donors (Lipinski definition) is 1. The summed E-state index contributed by atoms with van der Waals surface area (Å²) in [5.41, 5.74) is 2.88. The number of ether oxygens (including phenoxy) is 2. The first kappa shape index (κ1) is 22.3. The Kier molecular flexibility index (Phi) is 8.28. The van der Waals surface area contributed by atoms with Crippen molar-refractivity contribution in [2.75, 3.05) is 13.2 Å². The van der Waals surface area contributed by atoms with E-state index in [-0.39, 0.29) is 18.4 Å². The van der Waals surface area contributed by atoms with Crippen LogP contribution in [-0.4, -0.2) is 24.1 Å². The standard InChI is InChI=1S/C23H28N2O3S2/c1-4-9-27-20-7-6-17(12-21(20)28-10-5-2)16(3)24-22(26)13-19-15-30-23(25-19)18-8-11-29-14-18/h6-8,11-12,14-16H,4-5,9-10,13H2,1-3H3,(H,24,26). The molecule has 7 heteroatoms. The van der Waals surface area contributed by atoms with E-state index in [4.69, 9.17) is 9.47 Å². The van der Waals surface area contributed by atoms with E-state index in [0.29, 0.717) is 13.2 Å². The first-order valence-electron chi connectivity index (χ1n) is 10.3. The van der Waals surface area contributed by atoms with Gasteiger partial charge in [0.05, 0.1) is 31.4 Å². The van der Waals surface area contributed by atoms with Gasteiger partial charge in [-0.2, -0.15) is 11.3 Å². The lowest BCUT2D eigenvalue weighted by Gasteiger charge is -2.18. The minimum absolute atomic E-state index is 0.0491. The third-order valence-electron chi connectivity index (χ3n) is 4.43. The van der Waals surface area contributed by atoms with Crippen LogP contribution < -0.4 is 14.8 Å². The highest BCUT2D eigenvalue weighted by atomic mass is 32.1.